The molecule has 7 heteroatoms. The fourth-order valence-corrected chi connectivity index (χ4v) is 1.61. The van der Waals surface area contributed by atoms with E-state index in [0.717, 1.165) is 0 Å². The quantitative estimate of drug-likeness (QED) is 0.651. The van der Waals surface area contributed by atoms with Crippen molar-refractivity contribution in [1.29, 1.82) is 0 Å². The number of pyridine rings is 1. The highest BCUT2D eigenvalue weighted by Gasteiger charge is 2.25. The molecule has 0 saturated heterocycles. The Labute approximate surface area is 122 Å². The van der Waals surface area contributed by atoms with E-state index in [2.05, 4.69) is 10.3 Å². The highest BCUT2D eigenvalue weighted by atomic mass is 16.6. The number of hydrogen-bond donors (Lipinski definition) is 2. The molecule has 0 aromatic carbocycles. The van der Waals surface area contributed by atoms with Gasteiger partial charge in [0, 0.05) is 6.20 Å². The Morgan fingerprint density at radius 1 is 1.33 bits per heavy atom. The van der Waals surface area contributed by atoms with Gasteiger partial charge in [-0.25, -0.2) is 9.59 Å². The number of carbonyl (C=O) groups excluding carboxylic acids is 2. The molecule has 0 radical (unpaired) electrons. The lowest BCUT2D eigenvalue weighted by atomic mass is 10.1. The van der Waals surface area contributed by atoms with E-state index in [1.54, 1.807) is 26.8 Å². The zero-order valence-corrected chi connectivity index (χ0v) is 12.4. The number of aliphatic carboxylic acids is 1. The lowest BCUT2D eigenvalue weighted by Gasteiger charge is -2.21. The van der Waals surface area contributed by atoms with Crippen LogP contribution in [-0.2, 0) is 16.0 Å². The van der Waals surface area contributed by atoms with Crippen LogP contribution < -0.4 is 5.32 Å². The molecule has 0 spiro atoms. The van der Waals surface area contributed by atoms with E-state index in [4.69, 9.17) is 9.84 Å². The average Bonchev–Trinajstić information content (AvgIpc) is 2.35. The van der Waals surface area contributed by atoms with Gasteiger partial charge in [-0.15, -0.1) is 0 Å². The van der Waals surface area contributed by atoms with Gasteiger partial charge in [-0.1, -0.05) is 6.92 Å². The Balaban J connectivity index is 3.17. The molecule has 0 aliphatic carbocycles. The molecule has 0 aliphatic heterocycles. The summed E-state index contributed by atoms with van der Waals surface area (Å²) in [5.74, 6) is -2.82. The Morgan fingerprint density at radius 3 is 2.43 bits per heavy atom. The summed E-state index contributed by atoms with van der Waals surface area (Å²) in [5.41, 5.74) is -0.356. The molecule has 1 amide bonds. The Bertz CT molecular complexity index is 575. The summed E-state index contributed by atoms with van der Waals surface area (Å²) in [6.07, 6.45) is 1.05. The van der Waals surface area contributed by atoms with Gasteiger partial charge >= 0.3 is 12.1 Å². The van der Waals surface area contributed by atoms with Crippen LogP contribution in [0.4, 0.5) is 10.5 Å². The number of carbonyl (C=O) groups is 3. The SMILES string of the molecule is CCc1ccnc(C(=O)C(=O)O)c1NC(=O)OC(C)(C)C. The molecule has 7 nitrogen and oxygen atoms in total. The highest BCUT2D eigenvalue weighted by molar-refractivity contribution is 6.40. The van der Waals surface area contributed by atoms with Crippen molar-refractivity contribution >= 4 is 23.5 Å². The van der Waals surface area contributed by atoms with Gasteiger partial charge in [0.05, 0.1) is 5.69 Å². The predicted octanol–water partition coefficient (Wildman–Crippen LogP) is 2.26. The molecule has 2 N–H and O–H groups in total. The zero-order valence-electron chi connectivity index (χ0n) is 12.4. The van der Waals surface area contributed by atoms with Gasteiger partial charge in [0.15, 0.2) is 0 Å². The molecule has 0 saturated carbocycles. The van der Waals surface area contributed by atoms with E-state index in [-0.39, 0.29) is 11.4 Å². The summed E-state index contributed by atoms with van der Waals surface area (Å²) in [5, 5.41) is 11.2. The molecular weight excluding hydrogens is 276 g/mol. The van der Waals surface area contributed by atoms with Crippen molar-refractivity contribution in [2.75, 3.05) is 5.32 Å². The Hall–Kier alpha value is -2.44. The maximum Gasteiger partial charge on any atom is 0.412 e. The van der Waals surface area contributed by atoms with Crippen LogP contribution in [0.3, 0.4) is 0 Å². The van der Waals surface area contributed by atoms with Gasteiger partial charge in [-0.3, -0.25) is 15.1 Å². The molecule has 0 bridgehead atoms. The Kier molecular flexibility index (Phi) is 5.02. The number of Topliss-reactive ketones (excluding diaryl/α,β-unsaturated/α-hetero) is 1. The second kappa shape index (κ2) is 6.34. The monoisotopic (exact) mass is 294 g/mol. The van der Waals surface area contributed by atoms with Crippen molar-refractivity contribution in [2.45, 2.75) is 39.7 Å². The first-order valence-corrected chi connectivity index (χ1v) is 6.41. The highest BCUT2D eigenvalue weighted by Crippen LogP contribution is 2.21. The maximum atomic E-state index is 11.8. The number of rotatable bonds is 4. The van der Waals surface area contributed by atoms with E-state index in [1.807, 2.05) is 6.92 Å². The van der Waals surface area contributed by atoms with Crippen LogP contribution in [0.5, 0.6) is 0 Å². The normalized spacial score (nSPS) is 10.9. The van der Waals surface area contributed by atoms with Crippen molar-refractivity contribution in [3.63, 3.8) is 0 Å². The Morgan fingerprint density at radius 2 is 1.95 bits per heavy atom. The summed E-state index contributed by atoms with van der Waals surface area (Å²) in [4.78, 5) is 38.1. The van der Waals surface area contributed by atoms with E-state index in [9.17, 15) is 14.4 Å². The number of ketones is 1. The van der Waals surface area contributed by atoms with E-state index in [1.165, 1.54) is 6.20 Å². The third kappa shape index (κ3) is 4.55. The van der Waals surface area contributed by atoms with Crippen LogP contribution in [0.1, 0.15) is 43.7 Å². The van der Waals surface area contributed by atoms with Gasteiger partial charge < -0.3 is 9.84 Å². The summed E-state index contributed by atoms with van der Waals surface area (Å²) in [6.45, 7) is 6.89. The topological polar surface area (TPSA) is 106 Å². The molecule has 0 aliphatic rings. The largest absolute Gasteiger partial charge is 0.475 e. The number of hydrogen-bond acceptors (Lipinski definition) is 5. The van der Waals surface area contributed by atoms with Crippen LogP contribution in [0.25, 0.3) is 0 Å². The van der Waals surface area contributed by atoms with Crippen LogP contribution in [0, 0.1) is 0 Å². The van der Waals surface area contributed by atoms with E-state index in [0.29, 0.717) is 12.0 Å². The smallest absolute Gasteiger partial charge is 0.412 e. The molecule has 1 rings (SSSR count). The van der Waals surface area contributed by atoms with Gasteiger partial charge in [-0.2, -0.15) is 0 Å². The molecule has 21 heavy (non-hydrogen) atoms. The molecule has 1 aromatic rings. The maximum absolute atomic E-state index is 11.8. The number of amides is 1. The van der Waals surface area contributed by atoms with Crippen molar-refractivity contribution < 1.29 is 24.2 Å². The van der Waals surface area contributed by atoms with E-state index < -0.39 is 23.4 Å². The minimum atomic E-state index is -1.64. The first-order valence-electron chi connectivity index (χ1n) is 6.41. The predicted molar refractivity (Wildman–Crippen MR) is 75.4 cm³/mol. The van der Waals surface area contributed by atoms with Crippen molar-refractivity contribution in [2.24, 2.45) is 0 Å². The molecule has 0 atom stereocenters. The van der Waals surface area contributed by atoms with Gasteiger partial charge in [0.1, 0.15) is 11.3 Å². The summed E-state index contributed by atoms with van der Waals surface area (Å²) in [6, 6.07) is 1.60. The second-order valence-electron chi connectivity index (χ2n) is 5.31. The molecule has 114 valence electrons. The van der Waals surface area contributed by atoms with Crippen LogP contribution in [-0.4, -0.2) is 33.5 Å². The van der Waals surface area contributed by atoms with E-state index >= 15 is 0 Å². The number of aromatic nitrogens is 1. The van der Waals surface area contributed by atoms with Gasteiger partial charge in [0.25, 0.3) is 5.78 Å². The minimum Gasteiger partial charge on any atom is -0.475 e. The van der Waals surface area contributed by atoms with Gasteiger partial charge in [-0.05, 0) is 38.8 Å². The third-order valence-corrected chi connectivity index (χ3v) is 2.45. The van der Waals surface area contributed by atoms with Crippen LogP contribution in [0.2, 0.25) is 0 Å². The fraction of sp³-hybridized carbons (Fsp3) is 0.429. The molecule has 0 fully saturated rings. The number of carboxylic acids is 1. The molecule has 1 heterocycles. The lowest BCUT2D eigenvalue weighted by Crippen LogP contribution is -2.29. The molecule has 0 unspecified atom stereocenters. The van der Waals surface area contributed by atoms with Gasteiger partial charge in [0.2, 0.25) is 0 Å². The summed E-state index contributed by atoms with van der Waals surface area (Å²) >= 11 is 0. The lowest BCUT2D eigenvalue weighted by molar-refractivity contribution is -0.131. The zero-order chi connectivity index (χ0) is 16.2. The standard InChI is InChI=1S/C14H18N2O5/c1-5-8-6-7-15-10(11(17)12(18)19)9(8)16-13(20)21-14(2,3)4/h6-7H,5H2,1-4H3,(H,16,20)(H,18,19). The molecular formula is C14H18N2O5. The van der Waals surface area contributed by atoms with Crippen molar-refractivity contribution in [1.82, 2.24) is 4.98 Å². The number of carboxylic acid groups (broad SMARTS) is 1. The number of nitrogens with one attached hydrogen (secondary N) is 1. The third-order valence-electron chi connectivity index (χ3n) is 2.45. The van der Waals surface area contributed by atoms with Crippen LogP contribution in [0.15, 0.2) is 12.3 Å². The average molecular weight is 294 g/mol. The summed E-state index contributed by atoms with van der Waals surface area (Å²) in [7, 11) is 0. The van der Waals surface area contributed by atoms with Crippen molar-refractivity contribution in [3.8, 4) is 0 Å². The fourth-order valence-electron chi connectivity index (χ4n) is 1.61. The second-order valence-corrected chi connectivity index (χ2v) is 5.31. The summed E-state index contributed by atoms with van der Waals surface area (Å²) < 4.78 is 5.10. The molecule has 1 aromatic heterocycles. The number of anilines is 1. The van der Waals surface area contributed by atoms with Crippen LogP contribution >= 0.6 is 0 Å². The number of ether oxygens (including phenoxy) is 1. The first kappa shape index (κ1) is 16.6. The number of aryl methyl sites for hydroxylation is 1. The first-order chi connectivity index (χ1) is 9.65. The number of nitrogens with zero attached hydrogens (tertiary/aromatic N) is 1. The van der Waals surface area contributed by atoms with Crippen molar-refractivity contribution in [3.05, 3.63) is 23.5 Å². The minimum absolute atomic E-state index is 0.0710.